The number of nitrogens with one attached hydrogen (secondary N) is 2. The highest BCUT2D eigenvalue weighted by Crippen LogP contribution is 2.33. The van der Waals surface area contributed by atoms with Crippen molar-refractivity contribution < 1.29 is 9.53 Å². The first kappa shape index (κ1) is 17.1. The quantitative estimate of drug-likeness (QED) is 0.684. The Bertz CT molecular complexity index is 912. The van der Waals surface area contributed by atoms with E-state index >= 15 is 0 Å². The fraction of sp³-hybridized carbons (Fsp3) is 0.278. The summed E-state index contributed by atoms with van der Waals surface area (Å²) in [5.41, 5.74) is 3.41. The molecule has 0 saturated heterocycles. The molecule has 26 heavy (non-hydrogen) atoms. The summed E-state index contributed by atoms with van der Waals surface area (Å²) < 4.78 is 13.8. The molecule has 4 rings (SSSR count). The summed E-state index contributed by atoms with van der Waals surface area (Å²) in [4.78, 5) is 11.9. The average Bonchev–Trinajstić information content (AvgIpc) is 3.10. The maximum Gasteiger partial charge on any atom is 0.407 e. The number of hydrogen-bond acceptors (Lipinski definition) is 6. The summed E-state index contributed by atoms with van der Waals surface area (Å²) in [5.74, 6) is 0. The van der Waals surface area contributed by atoms with Crippen LogP contribution in [0.2, 0.25) is 5.02 Å². The largest absolute Gasteiger partial charge is 0.445 e. The minimum Gasteiger partial charge on any atom is -0.445 e. The van der Waals surface area contributed by atoms with Crippen molar-refractivity contribution >= 4 is 46.1 Å². The molecule has 0 atom stereocenters. The molecule has 8 heteroatoms. The predicted molar refractivity (Wildman–Crippen MR) is 103 cm³/mol. The molecule has 0 unspecified atom stereocenters. The minimum absolute atomic E-state index is 0.0994. The molecule has 1 aromatic heterocycles. The Labute approximate surface area is 159 Å². The molecule has 3 aromatic rings. The Kier molecular flexibility index (Phi) is 4.90. The zero-order valence-corrected chi connectivity index (χ0v) is 15.4. The molecule has 1 fully saturated rings. The number of benzene rings is 2. The molecule has 1 amide bonds. The van der Waals surface area contributed by atoms with Gasteiger partial charge in [-0.15, -0.1) is 0 Å². The number of rotatable bonds is 5. The highest BCUT2D eigenvalue weighted by molar-refractivity contribution is 7.00. The number of nitrogens with zero attached hydrogens (tertiary/aromatic N) is 2. The molecule has 2 aromatic carbocycles. The van der Waals surface area contributed by atoms with Crippen molar-refractivity contribution in [2.45, 2.75) is 31.5 Å². The standard InChI is InChI=1S/C18H17ClN4O2S/c19-14-6-7-15-17(23-26-22-15)16(14)20-12-8-13(9-12)21-18(24)25-10-11-4-2-1-3-5-11/h1-7,12-13,20H,8-10H2,(H,21,24). The molecule has 1 aliphatic carbocycles. The Morgan fingerprint density at radius 2 is 1.96 bits per heavy atom. The highest BCUT2D eigenvalue weighted by atomic mass is 35.5. The third-order valence-electron chi connectivity index (χ3n) is 4.40. The second-order valence-corrected chi connectivity index (χ2v) is 7.21. The lowest BCUT2D eigenvalue weighted by Gasteiger charge is -2.36. The third-order valence-corrected chi connectivity index (χ3v) is 5.26. The number of fused-ring (bicyclic) bond motifs is 1. The van der Waals surface area contributed by atoms with Gasteiger partial charge in [-0.2, -0.15) is 8.75 Å². The van der Waals surface area contributed by atoms with Gasteiger partial charge < -0.3 is 15.4 Å². The van der Waals surface area contributed by atoms with E-state index < -0.39 is 0 Å². The Balaban J connectivity index is 1.26. The SMILES string of the molecule is O=C(NC1CC(Nc2c(Cl)ccc3nsnc23)C1)OCc1ccccc1. The highest BCUT2D eigenvalue weighted by Gasteiger charge is 2.31. The van der Waals surface area contributed by atoms with Gasteiger partial charge in [0.2, 0.25) is 0 Å². The van der Waals surface area contributed by atoms with Crippen molar-refractivity contribution in [1.29, 1.82) is 0 Å². The number of carbonyl (C=O) groups is 1. The molecule has 2 N–H and O–H groups in total. The maximum atomic E-state index is 11.9. The number of aromatic nitrogens is 2. The van der Waals surface area contributed by atoms with Crippen molar-refractivity contribution in [2.75, 3.05) is 5.32 Å². The van der Waals surface area contributed by atoms with Gasteiger partial charge in [0.15, 0.2) is 0 Å². The molecule has 6 nitrogen and oxygen atoms in total. The van der Waals surface area contributed by atoms with E-state index in [2.05, 4.69) is 19.4 Å². The molecular weight excluding hydrogens is 372 g/mol. The van der Waals surface area contributed by atoms with Crippen LogP contribution >= 0.6 is 23.3 Å². The second-order valence-electron chi connectivity index (χ2n) is 6.27. The fourth-order valence-corrected chi connectivity index (χ4v) is 3.70. The van der Waals surface area contributed by atoms with Crippen LogP contribution in [0.3, 0.4) is 0 Å². The number of anilines is 1. The summed E-state index contributed by atoms with van der Waals surface area (Å²) in [5, 5.41) is 6.93. The van der Waals surface area contributed by atoms with E-state index in [-0.39, 0.29) is 24.8 Å². The Morgan fingerprint density at radius 1 is 1.15 bits per heavy atom. The molecule has 134 valence electrons. The summed E-state index contributed by atoms with van der Waals surface area (Å²) >= 11 is 7.46. The van der Waals surface area contributed by atoms with Gasteiger partial charge in [-0.25, -0.2) is 4.79 Å². The van der Waals surface area contributed by atoms with Crippen LogP contribution in [-0.2, 0) is 11.3 Å². The predicted octanol–water partition coefficient (Wildman–Crippen LogP) is 4.21. The van der Waals surface area contributed by atoms with Crippen LogP contribution in [-0.4, -0.2) is 26.9 Å². The van der Waals surface area contributed by atoms with Crippen molar-refractivity contribution in [3.63, 3.8) is 0 Å². The molecule has 0 spiro atoms. The summed E-state index contributed by atoms with van der Waals surface area (Å²) in [6.07, 6.45) is 1.23. The number of ether oxygens (including phenoxy) is 1. The lowest BCUT2D eigenvalue weighted by atomic mass is 9.86. The number of amides is 1. The fourth-order valence-electron chi connectivity index (χ4n) is 2.95. The van der Waals surface area contributed by atoms with Gasteiger partial charge in [-0.3, -0.25) is 0 Å². The van der Waals surface area contributed by atoms with E-state index in [0.29, 0.717) is 5.02 Å². The monoisotopic (exact) mass is 388 g/mol. The van der Waals surface area contributed by atoms with Crippen molar-refractivity contribution in [1.82, 2.24) is 14.1 Å². The first-order valence-electron chi connectivity index (χ1n) is 8.33. The lowest BCUT2D eigenvalue weighted by Crippen LogP contribution is -2.49. The van der Waals surface area contributed by atoms with Crippen molar-refractivity contribution in [3.05, 3.63) is 53.1 Å². The van der Waals surface area contributed by atoms with Crippen LogP contribution < -0.4 is 10.6 Å². The van der Waals surface area contributed by atoms with Gasteiger partial charge in [-0.1, -0.05) is 41.9 Å². The van der Waals surface area contributed by atoms with Crippen LogP contribution in [0.15, 0.2) is 42.5 Å². The molecule has 1 heterocycles. The number of carbonyl (C=O) groups excluding carboxylic acids is 1. The van der Waals surface area contributed by atoms with E-state index in [4.69, 9.17) is 16.3 Å². The summed E-state index contributed by atoms with van der Waals surface area (Å²) in [6.45, 7) is 0.273. The van der Waals surface area contributed by atoms with Crippen LogP contribution in [0, 0.1) is 0 Å². The maximum absolute atomic E-state index is 11.9. The van der Waals surface area contributed by atoms with Crippen LogP contribution in [0.25, 0.3) is 11.0 Å². The average molecular weight is 389 g/mol. The van der Waals surface area contributed by atoms with Gasteiger partial charge in [0.1, 0.15) is 17.6 Å². The third kappa shape index (κ3) is 3.73. The summed E-state index contributed by atoms with van der Waals surface area (Å²) in [7, 11) is 0. The van der Waals surface area contributed by atoms with E-state index in [0.717, 1.165) is 35.1 Å². The topological polar surface area (TPSA) is 76.1 Å². The van der Waals surface area contributed by atoms with E-state index in [1.54, 1.807) is 0 Å². The molecule has 1 saturated carbocycles. The normalized spacial score (nSPS) is 19.0. The van der Waals surface area contributed by atoms with E-state index in [1.807, 2.05) is 42.5 Å². The van der Waals surface area contributed by atoms with Crippen molar-refractivity contribution in [2.24, 2.45) is 0 Å². The van der Waals surface area contributed by atoms with Crippen LogP contribution in [0.4, 0.5) is 10.5 Å². The van der Waals surface area contributed by atoms with Gasteiger partial charge in [0.05, 0.1) is 22.4 Å². The van der Waals surface area contributed by atoms with E-state index in [1.165, 1.54) is 11.7 Å². The minimum atomic E-state index is -0.388. The second kappa shape index (κ2) is 7.47. The van der Waals surface area contributed by atoms with Crippen LogP contribution in [0.5, 0.6) is 0 Å². The Hall–Kier alpha value is -2.38. The number of alkyl carbamates (subject to hydrolysis) is 1. The van der Waals surface area contributed by atoms with Gasteiger partial charge in [-0.05, 0) is 30.5 Å². The summed E-state index contributed by atoms with van der Waals surface area (Å²) in [6, 6.07) is 13.6. The zero-order valence-electron chi connectivity index (χ0n) is 13.8. The van der Waals surface area contributed by atoms with Crippen LogP contribution in [0.1, 0.15) is 18.4 Å². The molecular formula is C18H17ClN4O2S. The first-order chi connectivity index (χ1) is 12.7. The molecule has 0 radical (unpaired) electrons. The van der Waals surface area contributed by atoms with E-state index in [9.17, 15) is 4.79 Å². The van der Waals surface area contributed by atoms with Gasteiger partial charge in [0, 0.05) is 12.1 Å². The lowest BCUT2D eigenvalue weighted by molar-refractivity contribution is 0.129. The van der Waals surface area contributed by atoms with Gasteiger partial charge in [0.25, 0.3) is 0 Å². The first-order valence-corrected chi connectivity index (χ1v) is 9.44. The Morgan fingerprint density at radius 3 is 2.77 bits per heavy atom. The number of hydrogen-bond donors (Lipinski definition) is 2. The molecule has 0 bridgehead atoms. The smallest absolute Gasteiger partial charge is 0.407 e. The molecule has 0 aliphatic heterocycles. The van der Waals surface area contributed by atoms with Gasteiger partial charge >= 0.3 is 6.09 Å². The van der Waals surface area contributed by atoms with Crippen molar-refractivity contribution in [3.8, 4) is 0 Å². The zero-order chi connectivity index (χ0) is 17.9. The molecule has 1 aliphatic rings. The number of halogens is 1.